The topological polar surface area (TPSA) is 20.2 Å². The molecule has 0 aliphatic carbocycles. The Hall–Kier alpha value is -1.08. The Bertz CT molecular complexity index is 313. The molecule has 0 radical (unpaired) electrons. The second-order valence-corrected chi connectivity index (χ2v) is 3.61. The van der Waals surface area contributed by atoms with Crippen LogP contribution in [0, 0.1) is 13.8 Å². The molecule has 1 heteroatoms. The first kappa shape index (κ1) is 11.0. The second kappa shape index (κ2) is 5.61. The highest BCUT2D eigenvalue weighted by Gasteiger charge is 1.94. The van der Waals surface area contributed by atoms with E-state index in [4.69, 9.17) is 5.11 Å². The van der Waals surface area contributed by atoms with Crippen molar-refractivity contribution in [2.45, 2.75) is 26.7 Å². The number of hydrogen-bond donors (Lipinski definition) is 1. The van der Waals surface area contributed by atoms with Gasteiger partial charge in [0, 0.05) is 0 Å². The first-order valence-corrected chi connectivity index (χ1v) is 5.06. The summed E-state index contributed by atoms with van der Waals surface area (Å²) in [7, 11) is 0. The van der Waals surface area contributed by atoms with Crippen LogP contribution in [0.2, 0.25) is 0 Å². The zero-order chi connectivity index (χ0) is 10.4. The minimum Gasteiger partial charge on any atom is -0.392 e. The number of benzene rings is 1. The molecule has 1 aromatic carbocycles. The van der Waals surface area contributed by atoms with Gasteiger partial charge in [0.25, 0.3) is 0 Å². The molecule has 76 valence electrons. The van der Waals surface area contributed by atoms with Gasteiger partial charge < -0.3 is 5.11 Å². The van der Waals surface area contributed by atoms with E-state index in [1.165, 1.54) is 16.7 Å². The molecule has 0 aliphatic heterocycles. The van der Waals surface area contributed by atoms with Crippen LogP contribution in [0.25, 0.3) is 0 Å². The maximum absolute atomic E-state index is 8.56. The third-order valence-electron chi connectivity index (χ3n) is 2.44. The van der Waals surface area contributed by atoms with Crippen LogP contribution in [0.1, 0.15) is 23.1 Å². The maximum atomic E-state index is 8.56. The average molecular weight is 190 g/mol. The van der Waals surface area contributed by atoms with Gasteiger partial charge in [-0.15, -0.1) is 0 Å². The average Bonchev–Trinajstić information content (AvgIpc) is 2.18. The van der Waals surface area contributed by atoms with Crippen molar-refractivity contribution in [1.29, 1.82) is 0 Å². The maximum Gasteiger partial charge on any atom is 0.0612 e. The Kier molecular flexibility index (Phi) is 4.41. The zero-order valence-electron chi connectivity index (χ0n) is 8.96. The number of rotatable bonds is 4. The number of aryl methyl sites for hydroxylation is 3. The van der Waals surface area contributed by atoms with Gasteiger partial charge in [0.05, 0.1) is 6.61 Å². The van der Waals surface area contributed by atoms with Crippen molar-refractivity contribution >= 4 is 0 Å². The van der Waals surface area contributed by atoms with Gasteiger partial charge >= 0.3 is 0 Å². The van der Waals surface area contributed by atoms with Crippen molar-refractivity contribution in [2.75, 3.05) is 6.61 Å². The second-order valence-electron chi connectivity index (χ2n) is 3.61. The summed E-state index contributed by atoms with van der Waals surface area (Å²) in [6.07, 6.45) is 5.87. The molecule has 1 aromatic rings. The minimum atomic E-state index is 0.146. The molecule has 0 aliphatic rings. The van der Waals surface area contributed by atoms with Crippen molar-refractivity contribution in [2.24, 2.45) is 0 Å². The van der Waals surface area contributed by atoms with Crippen LogP contribution in [0.5, 0.6) is 0 Å². The molecular formula is C13H18O. The van der Waals surface area contributed by atoms with Gasteiger partial charge in [-0.3, -0.25) is 0 Å². The Morgan fingerprint density at radius 1 is 1.14 bits per heavy atom. The smallest absolute Gasteiger partial charge is 0.0612 e. The molecule has 1 rings (SSSR count). The molecule has 0 atom stereocenters. The van der Waals surface area contributed by atoms with Crippen molar-refractivity contribution in [1.82, 2.24) is 0 Å². The summed E-state index contributed by atoms with van der Waals surface area (Å²) < 4.78 is 0. The third-order valence-corrected chi connectivity index (χ3v) is 2.44. The van der Waals surface area contributed by atoms with Gasteiger partial charge in [-0.05, 0) is 43.4 Å². The van der Waals surface area contributed by atoms with Gasteiger partial charge in [0.15, 0.2) is 0 Å². The summed E-state index contributed by atoms with van der Waals surface area (Å²) >= 11 is 0. The molecule has 0 fully saturated rings. The van der Waals surface area contributed by atoms with E-state index >= 15 is 0 Å². The van der Waals surface area contributed by atoms with Gasteiger partial charge in [-0.25, -0.2) is 0 Å². The van der Waals surface area contributed by atoms with Crippen molar-refractivity contribution in [3.8, 4) is 0 Å². The largest absolute Gasteiger partial charge is 0.392 e. The molecule has 14 heavy (non-hydrogen) atoms. The summed E-state index contributed by atoms with van der Waals surface area (Å²) in [5, 5.41) is 8.56. The van der Waals surface area contributed by atoms with Crippen LogP contribution in [-0.2, 0) is 6.42 Å². The highest BCUT2D eigenvalue weighted by Crippen LogP contribution is 2.11. The van der Waals surface area contributed by atoms with Gasteiger partial charge in [0.2, 0.25) is 0 Å². The van der Waals surface area contributed by atoms with E-state index in [1.807, 2.05) is 6.08 Å². The summed E-state index contributed by atoms with van der Waals surface area (Å²) in [5.74, 6) is 0. The molecule has 0 saturated heterocycles. The van der Waals surface area contributed by atoms with Crippen LogP contribution < -0.4 is 0 Å². The lowest BCUT2D eigenvalue weighted by Crippen LogP contribution is -1.87. The van der Waals surface area contributed by atoms with E-state index in [0.29, 0.717) is 0 Å². The first-order chi connectivity index (χ1) is 6.74. The van der Waals surface area contributed by atoms with Crippen LogP contribution in [0.3, 0.4) is 0 Å². The van der Waals surface area contributed by atoms with E-state index in [2.05, 4.69) is 32.0 Å². The quantitative estimate of drug-likeness (QED) is 0.724. The normalized spacial score (nSPS) is 11.1. The standard InChI is InChI=1S/C13H18O/c1-11-7-8-13(10-12(11)2)6-4-3-5-9-14/h3,5,7-8,10,14H,4,6,9H2,1-2H3/b5-3+. The van der Waals surface area contributed by atoms with Crippen LogP contribution in [-0.4, -0.2) is 11.7 Å². The molecule has 0 amide bonds. The molecule has 1 N–H and O–H groups in total. The fourth-order valence-electron chi connectivity index (χ4n) is 1.40. The molecule has 0 heterocycles. The number of aliphatic hydroxyl groups excluding tert-OH is 1. The molecule has 0 bridgehead atoms. The fourth-order valence-corrected chi connectivity index (χ4v) is 1.40. The summed E-state index contributed by atoms with van der Waals surface area (Å²) in [4.78, 5) is 0. The van der Waals surface area contributed by atoms with Crippen LogP contribution >= 0.6 is 0 Å². The summed E-state index contributed by atoms with van der Waals surface area (Å²) in [6.45, 7) is 4.42. The predicted molar refractivity (Wildman–Crippen MR) is 60.5 cm³/mol. The highest BCUT2D eigenvalue weighted by molar-refractivity contribution is 5.30. The monoisotopic (exact) mass is 190 g/mol. The Balaban J connectivity index is 2.51. The molecule has 0 saturated carbocycles. The van der Waals surface area contributed by atoms with Gasteiger partial charge in [-0.1, -0.05) is 30.4 Å². The van der Waals surface area contributed by atoms with Crippen molar-refractivity contribution in [3.05, 3.63) is 47.0 Å². The van der Waals surface area contributed by atoms with Gasteiger partial charge in [0.1, 0.15) is 0 Å². The lowest BCUT2D eigenvalue weighted by atomic mass is 10.0. The zero-order valence-corrected chi connectivity index (χ0v) is 8.96. The first-order valence-electron chi connectivity index (χ1n) is 5.06. The van der Waals surface area contributed by atoms with E-state index in [9.17, 15) is 0 Å². The Morgan fingerprint density at radius 2 is 1.93 bits per heavy atom. The molecule has 0 aromatic heterocycles. The van der Waals surface area contributed by atoms with Crippen LogP contribution in [0.15, 0.2) is 30.4 Å². The Labute approximate surface area is 86.1 Å². The molecule has 1 nitrogen and oxygen atoms in total. The fraction of sp³-hybridized carbons (Fsp3) is 0.385. The predicted octanol–water partition coefficient (Wildman–Crippen LogP) is 2.78. The highest BCUT2D eigenvalue weighted by atomic mass is 16.2. The number of hydrogen-bond acceptors (Lipinski definition) is 1. The lowest BCUT2D eigenvalue weighted by Gasteiger charge is -2.03. The van der Waals surface area contributed by atoms with Crippen LogP contribution in [0.4, 0.5) is 0 Å². The van der Waals surface area contributed by atoms with Gasteiger partial charge in [-0.2, -0.15) is 0 Å². The molecule has 0 unspecified atom stereocenters. The van der Waals surface area contributed by atoms with Crippen molar-refractivity contribution in [3.63, 3.8) is 0 Å². The third kappa shape index (κ3) is 3.35. The van der Waals surface area contributed by atoms with Crippen molar-refractivity contribution < 1.29 is 5.11 Å². The van der Waals surface area contributed by atoms with E-state index < -0.39 is 0 Å². The summed E-state index contributed by atoms with van der Waals surface area (Å²) in [6, 6.07) is 6.58. The van der Waals surface area contributed by atoms with E-state index in [-0.39, 0.29) is 6.61 Å². The SMILES string of the molecule is Cc1ccc(CC/C=C/CO)cc1C. The number of aliphatic hydroxyl groups is 1. The van der Waals surface area contributed by atoms with E-state index in [1.54, 1.807) is 6.08 Å². The Morgan fingerprint density at radius 3 is 2.57 bits per heavy atom. The number of allylic oxidation sites excluding steroid dienone is 1. The summed E-state index contributed by atoms with van der Waals surface area (Å²) in [5.41, 5.74) is 4.07. The molecule has 0 spiro atoms. The minimum absolute atomic E-state index is 0.146. The molecular weight excluding hydrogens is 172 g/mol. The lowest BCUT2D eigenvalue weighted by molar-refractivity contribution is 0.342. The van der Waals surface area contributed by atoms with E-state index in [0.717, 1.165) is 12.8 Å².